The summed E-state index contributed by atoms with van der Waals surface area (Å²) in [6, 6.07) is 5.65. The zero-order chi connectivity index (χ0) is 11.4. The monoisotopic (exact) mass is 217 g/mol. The van der Waals surface area contributed by atoms with E-state index in [1.54, 1.807) is 18.4 Å². The van der Waals surface area contributed by atoms with Gasteiger partial charge in [-0.3, -0.25) is 0 Å². The van der Waals surface area contributed by atoms with Gasteiger partial charge in [0.1, 0.15) is 0 Å². The Morgan fingerprint density at radius 3 is 3.12 bits per heavy atom. The molecule has 0 spiro atoms. The van der Waals surface area contributed by atoms with Crippen molar-refractivity contribution in [2.45, 2.75) is 19.8 Å². The van der Waals surface area contributed by atoms with Crippen LogP contribution in [0.1, 0.15) is 19.2 Å². The van der Waals surface area contributed by atoms with Gasteiger partial charge in [0, 0.05) is 12.8 Å². The number of nitrogens with zero attached hydrogens (tertiary/aromatic N) is 3. The number of aromatic nitrogens is 2. The maximum absolute atomic E-state index is 8.54. The summed E-state index contributed by atoms with van der Waals surface area (Å²) in [4.78, 5) is 4.19. The fourth-order valence-electron chi connectivity index (χ4n) is 1.37. The van der Waals surface area contributed by atoms with Crippen LogP contribution < -0.4 is 0 Å². The van der Waals surface area contributed by atoms with E-state index in [4.69, 9.17) is 14.2 Å². The minimum Gasteiger partial charge on any atom is -0.461 e. The minimum absolute atomic E-state index is 0.218. The molecule has 0 bridgehead atoms. The summed E-state index contributed by atoms with van der Waals surface area (Å²) in [7, 11) is 0. The second-order valence-corrected chi connectivity index (χ2v) is 3.66. The molecule has 2 heterocycles. The Bertz CT molecular complexity index is 482. The quantitative estimate of drug-likeness (QED) is 0.786. The Kier molecular flexibility index (Phi) is 3.01. The van der Waals surface area contributed by atoms with E-state index in [1.807, 2.05) is 6.92 Å². The zero-order valence-electron chi connectivity index (χ0n) is 8.88. The molecule has 2 aromatic heterocycles. The van der Waals surface area contributed by atoms with E-state index in [-0.39, 0.29) is 5.92 Å². The van der Waals surface area contributed by atoms with Gasteiger partial charge in [-0.1, -0.05) is 12.1 Å². The van der Waals surface area contributed by atoms with E-state index >= 15 is 0 Å². The molecule has 16 heavy (non-hydrogen) atoms. The highest BCUT2D eigenvalue weighted by atomic mass is 16.5. The van der Waals surface area contributed by atoms with Crippen LogP contribution in [-0.2, 0) is 6.42 Å². The van der Waals surface area contributed by atoms with E-state index < -0.39 is 0 Å². The van der Waals surface area contributed by atoms with Crippen molar-refractivity contribution in [2.75, 3.05) is 0 Å². The van der Waals surface area contributed by atoms with Crippen LogP contribution >= 0.6 is 0 Å². The van der Waals surface area contributed by atoms with Gasteiger partial charge in [0.05, 0.1) is 12.3 Å². The van der Waals surface area contributed by atoms with Gasteiger partial charge in [-0.2, -0.15) is 10.2 Å². The molecular formula is C11H11N3O2. The molecule has 1 unspecified atom stereocenters. The number of furan rings is 1. The van der Waals surface area contributed by atoms with Gasteiger partial charge in [-0.25, -0.2) is 0 Å². The molecule has 1 atom stereocenters. The Morgan fingerprint density at radius 1 is 1.56 bits per heavy atom. The third kappa shape index (κ3) is 2.28. The Labute approximate surface area is 92.7 Å². The first-order valence-electron chi connectivity index (χ1n) is 5.03. The van der Waals surface area contributed by atoms with E-state index in [2.05, 4.69) is 16.2 Å². The molecule has 0 aromatic carbocycles. The summed E-state index contributed by atoms with van der Waals surface area (Å²) in [5.74, 6) is 1.79. The van der Waals surface area contributed by atoms with Crippen molar-refractivity contribution in [3.8, 4) is 17.7 Å². The lowest BCUT2D eigenvalue weighted by molar-refractivity contribution is 0.358. The fraction of sp³-hybridized carbons (Fsp3) is 0.364. The van der Waals surface area contributed by atoms with Crippen LogP contribution in [0.2, 0.25) is 0 Å². The Morgan fingerprint density at radius 2 is 2.44 bits per heavy atom. The third-order valence-electron chi connectivity index (χ3n) is 2.17. The van der Waals surface area contributed by atoms with Gasteiger partial charge in [0.15, 0.2) is 5.76 Å². The average molecular weight is 217 g/mol. The standard InChI is InChI=1S/C11H11N3O2/c1-8(4-5-12)7-10-13-11(14-16-10)9-3-2-6-15-9/h2-3,6,8H,4,7H2,1H3. The second-order valence-electron chi connectivity index (χ2n) is 3.66. The van der Waals surface area contributed by atoms with Gasteiger partial charge >= 0.3 is 0 Å². The summed E-state index contributed by atoms with van der Waals surface area (Å²) in [5.41, 5.74) is 0. The van der Waals surface area contributed by atoms with Crippen LogP contribution in [0.25, 0.3) is 11.6 Å². The molecule has 0 fully saturated rings. The molecule has 0 aliphatic heterocycles. The maximum Gasteiger partial charge on any atom is 0.238 e. The number of rotatable bonds is 4. The second kappa shape index (κ2) is 4.62. The summed E-state index contributed by atoms with van der Waals surface area (Å²) < 4.78 is 10.2. The van der Waals surface area contributed by atoms with Crippen molar-refractivity contribution in [2.24, 2.45) is 5.92 Å². The van der Waals surface area contributed by atoms with Crippen molar-refractivity contribution in [3.63, 3.8) is 0 Å². The molecule has 5 nitrogen and oxygen atoms in total. The molecule has 0 amide bonds. The lowest BCUT2D eigenvalue weighted by atomic mass is 10.1. The summed E-state index contributed by atoms with van der Waals surface area (Å²) in [6.45, 7) is 1.97. The molecule has 0 aliphatic carbocycles. The lowest BCUT2D eigenvalue weighted by Gasteiger charge is -2.00. The summed E-state index contributed by atoms with van der Waals surface area (Å²) >= 11 is 0. The minimum atomic E-state index is 0.218. The van der Waals surface area contributed by atoms with Crippen molar-refractivity contribution in [3.05, 3.63) is 24.3 Å². The fourth-order valence-corrected chi connectivity index (χ4v) is 1.37. The normalized spacial score (nSPS) is 12.2. The van der Waals surface area contributed by atoms with Crippen molar-refractivity contribution in [1.82, 2.24) is 10.1 Å². The number of hydrogen-bond donors (Lipinski definition) is 0. The zero-order valence-corrected chi connectivity index (χ0v) is 8.88. The molecule has 0 radical (unpaired) electrons. The van der Waals surface area contributed by atoms with E-state index in [1.165, 1.54) is 0 Å². The molecule has 0 saturated carbocycles. The van der Waals surface area contributed by atoms with E-state index in [0.29, 0.717) is 30.3 Å². The van der Waals surface area contributed by atoms with Gasteiger partial charge in [-0.05, 0) is 18.1 Å². The smallest absolute Gasteiger partial charge is 0.238 e. The summed E-state index contributed by atoms with van der Waals surface area (Å²) in [5, 5.41) is 12.3. The molecular weight excluding hydrogens is 206 g/mol. The highest BCUT2D eigenvalue weighted by Gasteiger charge is 2.13. The van der Waals surface area contributed by atoms with Gasteiger partial charge in [0.2, 0.25) is 11.7 Å². The molecule has 0 N–H and O–H groups in total. The first kappa shape index (κ1) is 10.4. The molecule has 0 aliphatic rings. The summed E-state index contributed by atoms with van der Waals surface area (Å²) in [6.07, 6.45) is 2.66. The maximum atomic E-state index is 8.54. The van der Waals surface area contributed by atoms with Crippen LogP contribution in [0, 0.1) is 17.2 Å². The molecule has 0 saturated heterocycles. The third-order valence-corrected chi connectivity index (χ3v) is 2.17. The topological polar surface area (TPSA) is 75.8 Å². The number of hydrogen-bond acceptors (Lipinski definition) is 5. The van der Waals surface area contributed by atoms with Crippen LogP contribution in [0.5, 0.6) is 0 Å². The van der Waals surface area contributed by atoms with Crippen molar-refractivity contribution in [1.29, 1.82) is 5.26 Å². The molecule has 2 rings (SSSR count). The Hall–Kier alpha value is -2.09. The molecule has 2 aromatic rings. The highest BCUT2D eigenvalue weighted by molar-refractivity contribution is 5.44. The van der Waals surface area contributed by atoms with Gasteiger partial charge in [0.25, 0.3) is 0 Å². The first-order chi connectivity index (χ1) is 7.79. The van der Waals surface area contributed by atoms with Crippen LogP contribution in [0.4, 0.5) is 0 Å². The van der Waals surface area contributed by atoms with Crippen LogP contribution in [0.15, 0.2) is 27.3 Å². The van der Waals surface area contributed by atoms with Crippen LogP contribution in [0.3, 0.4) is 0 Å². The average Bonchev–Trinajstić information content (AvgIpc) is 2.86. The van der Waals surface area contributed by atoms with E-state index in [0.717, 1.165) is 0 Å². The highest BCUT2D eigenvalue weighted by Crippen LogP contribution is 2.17. The molecule has 5 heteroatoms. The van der Waals surface area contributed by atoms with Crippen molar-refractivity contribution < 1.29 is 8.94 Å². The predicted molar refractivity (Wildman–Crippen MR) is 55.1 cm³/mol. The largest absolute Gasteiger partial charge is 0.461 e. The lowest BCUT2D eigenvalue weighted by Crippen LogP contribution is -1.98. The van der Waals surface area contributed by atoms with Gasteiger partial charge in [-0.15, -0.1) is 0 Å². The SMILES string of the molecule is CC(CC#N)Cc1nc(-c2ccco2)no1. The van der Waals surface area contributed by atoms with Crippen molar-refractivity contribution >= 4 is 0 Å². The van der Waals surface area contributed by atoms with Crippen LogP contribution in [-0.4, -0.2) is 10.1 Å². The predicted octanol–water partition coefficient (Wildman–Crippen LogP) is 2.42. The number of nitriles is 1. The first-order valence-corrected chi connectivity index (χ1v) is 5.03. The Balaban J connectivity index is 2.06. The molecule has 82 valence electrons. The van der Waals surface area contributed by atoms with Gasteiger partial charge < -0.3 is 8.94 Å². The van der Waals surface area contributed by atoms with E-state index in [9.17, 15) is 0 Å².